The minimum Gasteiger partial charge on any atom is -0.355 e. The average molecular weight is 248 g/mol. The highest BCUT2D eigenvalue weighted by atomic mass is 19.1. The fourth-order valence-corrected chi connectivity index (χ4v) is 2.46. The number of amides is 1. The monoisotopic (exact) mass is 248 g/mol. The zero-order valence-electron chi connectivity index (χ0n) is 10.2. The summed E-state index contributed by atoms with van der Waals surface area (Å²) in [6.07, 6.45) is 1.65. The van der Waals surface area contributed by atoms with Crippen LogP contribution in [0.15, 0.2) is 24.3 Å². The molecule has 2 aliphatic rings. The predicted octanol–water partition coefficient (Wildman–Crippen LogP) is 1.19. The van der Waals surface area contributed by atoms with Crippen molar-refractivity contribution in [2.75, 3.05) is 19.6 Å². The third-order valence-corrected chi connectivity index (χ3v) is 3.98. The first-order chi connectivity index (χ1) is 8.71. The van der Waals surface area contributed by atoms with Crippen LogP contribution < -0.4 is 10.6 Å². The van der Waals surface area contributed by atoms with E-state index in [9.17, 15) is 9.18 Å². The molecule has 96 valence electrons. The maximum absolute atomic E-state index is 13.2. The van der Waals surface area contributed by atoms with Crippen molar-refractivity contribution in [3.63, 3.8) is 0 Å². The van der Waals surface area contributed by atoms with Crippen LogP contribution in [0.2, 0.25) is 0 Å². The van der Waals surface area contributed by atoms with Crippen LogP contribution in [0.25, 0.3) is 0 Å². The molecule has 18 heavy (non-hydrogen) atoms. The summed E-state index contributed by atoms with van der Waals surface area (Å²) in [6, 6.07) is 6.42. The van der Waals surface area contributed by atoms with Gasteiger partial charge >= 0.3 is 0 Å². The van der Waals surface area contributed by atoms with E-state index in [0.717, 1.165) is 38.0 Å². The fraction of sp³-hybridized carbons (Fsp3) is 0.500. The van der Waals surface area contributed by atoms with Gasteiger partial charge in [-0.05, 0) is 30.5 Å². The Balaban J connectivity index is 1.68. The molecule has 1 saturated heterocycles. The Hall–Kier alpha value is -1.42. The summed E-state index contributed by atoms with van der Waals surface area (Å²) < 4.78 is 13.2. The number of halogens is 1. The molecule has 3 rings (SSSR count). The molecule has 1 saturated carbocycles. The van der Waals surface area contributed by atoms with E-state index in [2.05, 4.69) is 10.6 Å². The topological polar surface area (TPSA) is 41.1 Å². The Morgan fingerprint density at radius 3 is 2.78 bits per heavy atom. The molecule has 1 aliphatic carbocycles. The highest BCUT2D eigenvalue weighted by Crippen LogP contribution is 2.48. The molecule has 4 heteroatoms. The summed E-state index contributed by atoms with van der Waals surface area (Å²) in [5, 5.41) is 6.18. The van der Waals surface area contributed by atoms with Gasteiger partial charge in [0.15, 0.2) is 0 Å². The highest BCUT2D eigenvalue weighted by Gasteiger charge is 2.51. The molecular formula is C14H17FN2O. The van der Waals surface area contributed by atoms with E-state index in [-0.39, 0.29) is 11.7 Å². The van der Waals surface area contributed by atoms with Gasteiger partial charge in [-0.2, -0.15) is 0 Å². The Bertz CT molecular complexity index is 467. The van der Waals surface area contributed by atoms with Crippen LogP contribution in [0.3, 0.4) is 0 Å². The zero-order valence-corrected chi connectivity index (χ0v) is 10.2. The molecular weight excluding hydrogens is 231 g/mol. The van der Waals surface area contributed by atoms with Crippen molar-refractivity contribution in [2.24, 2.45) is 5.92 Å². The first kappa shape index (κ1) is 11.7. The van der Waals surface area contributed by atoms with Gasteiger partial charge < -0.3 is 10.6 Å². The fourth-order valence-electron chi connectivity index (χ4n) is 2.46. The number of hydrogen-bond donors (Lipinski definition) is 2. The molecule has 0 atom stereocenters. The molecule has 2 N–H and O–H groups in total. The highest BCUT2D eigenvalue weighted by molar-refractivity contribution is 5.91. The van der Waals surface area contributed by atoms with Crippen molar-refractivity contribution in [1.29, 1.82) is 0 Å². The van der Waals surface area contributed by atoms with E-state index in [1.165, 1.54) is 12.1 Å². The molecule has 1 amide bonds. The van der Waals surface area contributed by atoms with E-state index >= 15 is 0 Å². The van der Waals surface area contributed by atoms with Crippen molar-refractivity contribution in [3.05, 3.63) is 35.6 Å². The largest absolute Gasteiger partial charge is 0.355 e. The predicted molar refractivity (Wildman–Crippen MR) is 66.7 cm³/mol. The third-order valence-electron chi connectivity index (χ3n) is 3.98. The van der Waals surface area contributed by atoms with E-state index in [0.29, 0.717) is 5.92 Å². The summed E-state index contributed by atoms with van der Waals surface area (Å²) >= 11 is 0. The molecule has 1 aromatic rings. The zero-order chi connectivity index (χ0) is 12.6. The average Bonchev–Trinajstić information content (AvgIpc) is 3.08. The Morgan fingerprint density at radius 1 is 1.44 bits per heavy atom. The van der Waals surface area contributed by atoms with Crippen molar-refractivity contribution >= 4 is 5.91 Å². The number of hydrogen-bond acceptors (Lipinski definition) is 2. The van der Waals surface area contributed by atoms with Gasteiger partial charge in [0, 0.05) is 25.6 Å². The van der Waals surface area contributed by atoms with Crippen LogP contribution >= 0.6 is 0 Å². The van der Waals surface area contributed by atoms with Gasteiger partial charge in [-0.3, -0.25) is 4.79 Å². The minimum atomic E-state index is -0.459. The quantitative estimate of drug-likeness (QED) is 0.840. The van der Waals surface area contributed by atoms with Crippen LogP contribution in [0, 0.1) is 11.7 Å². The van der Waals surface area contributed by atoms with E-state index < -0.39 is 5.41 Å². The van der Waals surface area contributed by atoms with Gasteiger partial charge in [0.2, 0.25) is 5.91 Å². The van der Waals surface area contributed by atoms with Crippen LogP contribution in [-0.4, -0.2) is 25.5 Å². The first-order valence-corrected chi connectivity index (χ1v) is 6.46. The summed E-state index contributed by atoms with van der Waals surface area (Å²) in [7, 11) is 0. The molecule has 2 fully saturated rings. The Labute approximate surface area is 106 Å². The molecule has 0 spiro atoms. The van der Waals surface area contributed by atoms with Gasteiger partial charge in [-0.1, -0.05) is 12.1 Å². The maximum atomic E-state index is 13.2. The lowest BCUT2D eigenvalue weighted by Gasteiger charge is -2.28. The van der Waals surface area contributed by atoms with Crippen molar-refractivity contribution in [2.45, 2.75) is 18.3 Å². The lowest BCUT2D eigenvalue weighted by atomic mass is 9.94. The van der Waals surface area contributed by atoms with Gasteiger partial charge in [0.25, 0.3) is 0 Å². The number of nitrogens with one attached hydrogen (secondary N) is 2. The van der Waals surface area contributed by atoms with Crippen molar-refractivity contribution in [3.8, 4) is 0 Å². The smallest absolute Gasteiger partial charge is 0.230 e. The Kier molecular flexibility index (Phi) is 2.82. The molecule has 0 bridgehead atoms. The second kappa shape index (κ2) is 4.35. The van der Waals surface area contributed by atoms with Crippen molar-refractivity contribution in [1.82, 2.24) is 10.6 Å². The number of carbonyl (C=O) groups excluding carboxylic acids is 1. The molecule has 0 radical (unpaired) electrons. The van der Waals surface area contributed by atoms with Gasteiger partial charge in [0.1, 0.15) is 5.82 Å². The molecule has 3 nitrogen and oxygen atoms in total. The second-order valence-electron chi connectivity index (χ2n) is 5.33. The Morgan fingerprint density at radius 2 is 2.22 bits per heavy atom. The number of benzene rings is 1. The molecule has 0 aromatic heterocycles. The molecule has 1 heterocycles. The van der Waals surface area contributed by atoms with Crippen molar-refractivity contribution < 1.29 is 9.18 Å². The molecule has 0 unspecified atom stereocenters. The van der Waals surface area contributed by atoms with Crippen LogP contribution in [0.5, 0.6) is 0 Å². The van der Waals surface area contributed by atoms with Crippen LogP contribution in [-0.2, 0) is 10.2 Å². The summed E-state index contributed by atoms with van der Waals surface area (Å²) in [6.45, 7) is 2.68. The summed E-state index contributed by atoms with van der Waals surface area (Å²) in [5.41, 5.74) is 0.353. The third kappa shape index (κ3) is 2.01. The molecule has 1 aromatic carbocycles. The maximum Gasteiger partial charge on any atom is 0.230 e. The van der Waals surface area contributed by atoms with Gasteiger partial charge in [-0.15, -0.1) is 0 Å². The lowest BCUT2D eigenvalue weighted by molar-refractivity contribution is -0.123. The van der Waals surface area contributed by atoms with Crippen LogP contribution in [0.4, 0.5) is 4.39 Å². The standard InChI is InChI=1S/C14H17FN2O/c15-12-3-1-2-11(6-12)14(4-5-14)13(18)17-9-10-7-16-8-10/h1-3,6,10,16H,4-5,7-9H2,(H,17,18). The number of carbonyl (C=O) groups is 1. The van der Waals surface area contributed by atoms with Gasteiger partial charge in [-0.25, -0.2) is 4.39 Å². The summed E-state index contributed by atoms with van der Waals surface area (Å²) in [4.78, 5) is 12.2. The lowest BCUT2D eigenvalue weighted by Crippen LogP contribution is -2.49. The summed E-state index contributed by atoms with van der Waals surface area (Å²) in [5.74, 6) is 0.340. The van der Waals surface area contributed by atoms with E-state index in [1.807, 2.05) is 6.07 Å². The first-order valence-electron chi connectivity index (χ1n) is 6.46. The molecule has 1 aliphatic heterocycles. The van der Waals surface area contributed by atoms with Gasteiger partial charge in [0.05, 0.1) is 5.41 Å². The minimum absolute atomic E-state index is 0.0556. The van der Waals surface area contributed by atoms with E-state index in [4.69, 9.17) is 0 Å². The number of rotatable bonds is 4. The van der Waals surface area contributed by atoms with Crippen LogP contribution in [0.1, 0.15) is 18.4 Å². The normalized spacial score (nSPS) is 21.2. The SMILES string of the molecule is O=C(NCC1CNC1)C1(c2cccc(F)c2)CC1. The second-order valence-corrected chi connectivity index (χ2v) is 5.33. The van der Waals surface area contributed by atoms with E-state index in [1.54, 1.807) is 6.07 Å².